The molecule has 1 aliphatic heterocycles. The van der Waals surface area contributed by atoms with E-state index in [0.29, 0.717) is 23.1 Å². The highest BCUT2D eigenvalue weighted by atomic mass is 16.5. The van der Waals surface area contributed by atoms with Crippen LogP contribution in [-0.2, 0) is 0 Å². The van der Waals surface area contributed by atoms with E-state index in [1.54, 1.807) is 6.07 Å². The lowest BCUT2D eigenvalue weighted by molar-refractivity contribution is 0.0937. The third-order valence-electron chi connectivity index (χ3n) is 5.10. The predicted octanol–water partition coefficient (Wildman–Crippen LogP) is 4.42. The van der Waals surface area contributed by atoms with E-state index in [1.165, 1.54) is 0 Å². The van der Waals surface area contributed by atoms with Gasteiger partial charge >= 0.3 is 0 Å². The molecular weight excluding hydrogens is 354 g/mol. The Morgan fingerprint density at radius 3 is 2.75 bits per heavy atom. The topological polar surface area (TPSA) is 68.5 Å². The van der Waals surface area contributed by atoms with E-state index in [9.17, 15) is 9.59 Å². The molecule has 1 atom stereocenters. The van der Waals surface area contributed by atoms with E-state index in [-0.39, 0.29) is 17.1 Å². The molecular formula is C23H23NO4. The number of hydrogen-bond donors (Lipinski definition) is 1. The molecule has 0 saturated heterocycles. The van der Waals surface area contributed by atoms with Gasteiger partial charge in [0.05, 0.1) is 23.6 Å². The highest BCUT2D eigenvalue weighted by Crippen LogP contribution is 2.33. The van der Waals surface area contributed by atoms with Gasteiger partial charge in [-0.15, -0.1) is 0 Å². The number of carbonyl (C=O) groups is 1. The summed E-state index contributed by atoms with van der Waals surface area (Å²) in [4.78, 5) is 25.8. The van der Waals surface area contributed by atoms with Crippen LogP contribution in [0.4, 0.5) is 0 Å². The molecule has 28 heavy (non-hydrogen) atoms. The Labute approximate surface area is 163 Å². The summed E-state index contributed by atoms with van der Waals surface area (Å²) < 4.78 is 11.7. The third-order valence-corrected chi connectivity index (χ3v) is 5.10. The van der Waals surface area contributed by atoms with Crippen molar-refractivity contribution in [1.82, 2.24) is 5.32 Å². The molecule has 1 unspecified atom stereocenters. The van der Waals surface area contributed by atoms with Crippen molar-refractivity contribution in [2.45, 2.75) is 39.7 Å². The van der Waals surface area contributed by atoms with Crippen molar-refractivity contribution in [3.05, 3.63) is 74.6 Å². The molecule has 0 saturated carbocycles. The van der Waals surface area contributed by atoms with Gasteiger partial charge in [0.25, 0.3) is 5.91 Å². The first kappa shape index (κ1) is 18.3. The number of benzene rings is 2. The van der Waals surface area contributed by atoms with Gasteiger partial charge in [0.1, 0.15) is 11.3 Å². The second-order valence-electron chi connectivity index (χ2n) is 7.31. The summed E-state index contributed by atoms with van der Waals surface area (Å²) in [5.41, 5.74) is 3.30. The molecule has 1 aliphatic rings. The van der Waals surface area contributed by atoms with Crippen LogP contribution in [0.5, 0.6) is 5.75 Å². The largest absolute Gasteiger partial charge is 0.494 e. The second kappa shape index (κ2) is 7.15. The molecule has 5 heteroatoms. The van der Waals surface area contributed by atoms with E-state index < -0.39 is 6.04 Å². The van der Waals surface area contributed by atoms with E-state index in [1.807, 2.05) is 44.2 Å². The Kier molecular flexibility index (Phi) is 4.67. The molecule has 1 N–H and O–H groups in total. The van der Waals surface area contributed by atoms with Crippen LogP contribution in [0.15, 0.2) is 45.6 Å². The highest BCUT2D eigenvalue weighted by molar-refractivity contribution is 5.99. The van der Waals surface area contributed by atoms with Crippen molar-refractivity contribution in [3.8, 4) is 5.75 Å². The average Bonchev–Trinajstić information content (AvgIpc) is 2.99. The van der Waals surface area contributed by atoms with Crippen LogP contribution in [0.3, 0.4) is 0 Å². The van der Waals surface area contributed by atoms with Gasteiger partial charge < -0.3 is 14.5 Å². The zero-order valence-corrected chi connectivity index (χ0v) is 16.3. The third kappa shape index (κ3) is 3.07. The number of unbranched alkanes of at least 4 members (excludes halogenated alkanes) is 1. The second-order valence-corrected chi connectivity index (χ2v) is 7.31. The van der Waals surface area contributed by atoms with E-state index in [0.717, 1.165) is 35.3 Å². The maximum absolute atomic E-state index is 13.3. The van der Waals surface area contributed by atoms with Crippen LogP contribution in [0.1, 0.15) is 58.6 Å². The zero-order chi connectivity index (χ0) is 19.8. The van der Waals surface area contributed by atoms with Gasteiger partial charge in [-0.2, -0.15) is 0 Å². The van der Waals surface area contributed by atoms with Crippen molar-refractivity contribution in [2.24, 2.45) is 0 Å². The Morgan fingerprint density at radius 2 is 1.96 bits per heavy atom. The number of amides is 1. The van der Waals surface area contributed by atoms with Crippen molar-refractivity contribution in [2.75, 3.05) is 6.61 Å². The molecule has 0 aliphatic carbocycles. The van der Waals surface area contributed by atoms with Crippen LogP contribution >= 0.6 is 0 Å². The van der Waals surface area contributed by atoms with Crippen LogP contribution in [0.25, 0.3) is 11.0 Å². The summed E-state index contributed by atoms with van der Waals surface area (Å²) in [5, 5.41) is 3.42. The fraction of sp³-hybridized carbons (Fsp3) is 0.304. The van der Waals surface area contributed by atoms with Gasteiger partial charge in [-0.25, -0.2) is 0 Å². The van der Waals surface area contributed by atoms with Crippen LogP contribution in [-0.4, -0.2) is 12.5 Å². The normalized spacial score (nSPS) is 15.5. The van der Waals surface area contributed by atoms with E-state index >= 15 is 0 Å². The SMILES string of the molecule is CCCCOc1cccc(C2NC(=O)c3oc4cc(C)cc(C)c4c(=O)c32)c1. The van der Waals surface area contributed by atoms with Gasteiger partial charge in [0, 0.05) is 0 Å². The Balaban J connectivity index is 1.82. The first-order valence-corrected chi connectivity index (χ1v) is 9.61. The highest BCUT2D eigenvalue weighted by Gasteiger charge is 2.36. The molecule has 0 bridgehead atoms. The summed E-state index contributed by atoms with van der Waals surface area (Å²) >= 11 is 0. The van der Waals surface area contributed by atoms with Gasteiger partial charge in [-0.05, 0) is 55.2 Å². The Hall–Kier alpha value is -3.08. The van der Waals surface area contributed by atoms with Crippen LogP contribution < -0.4 is 15.5 Å². The van der Waals surface area contributed by atoms with Gasteiger partial charge in [-0.1, -0.05) is 31.5 Å². The van der Waals surface area contributed by atoms with Crippen molar-refractivity contribution in [3.63, 3.8) is 0 Å². The van der Waals surface area contributed by atoms with Crippen LogP contribution in [0.2, 0.25) is 0 Å². The van der Waals surface area contributed by atoms with Crippen LogP contribution in [0, 0.1) is 13.8 Å². The lowest BCUT2D eigenvalue weighted by atomic mass is 9.97. The molecule has 0 radical (unpaired) electrons. The van der Waals surface area contributed by atoms with Gasteiger partial charge in [-0.3, -0.25) is 9.59 Å². The van der Waals surface area contributed by atoms with E-state index in [2.05, 4.69) is 12.2 Å². The molecule has 1 amide bonds. The number of aryl methyl sites for hydroxylation is 2. The van der Waals surface area contributed by atoms with Crippen molar-refractivity contribution < 1.29 is 13.9 Å². The molecule has 0 fully saturated rings. The zero-order valence-electron chi connectivity index (χ0n) is 16.3. The number of nitrogens with one attached hydrogen (secondary N) is 1. The summed E-state index contributed by atoms with van der Waals surface area (Å²) in [7, 11) is 0. The number of ether oxygens (including phenoxy) is 1. The molecule has 1 aromatic heterocycles. The average molecular weight is 377 g/mol. The lowest BCUT2D eigenvalue weighted by Crippen LogP contribution is -2.22. The monoisotopic (exact) mass is 377 g/mol. The van der Waals surface area contributed by atoms with Crippen molar-refractivity contribution in [1.29, 1.82) is 0 Å². The molecule has 3 aromatic rings. The fourth-order valence-electron chi connectivity index (χ4n) is 3.77. The summed E-state index contributed by atoms with van der Waals surface area (Å²) in [6, 6.07) is 10.7. The standard InChI is InChI=1S/C23H23NO4/c1-4-5-9-27-16-8-6-7-15(12-16)20-19-21(25)18-14(3)10-13(2)11-17(18)28-22(19)23(26)24-20/h6-8,10-12,20H,4-5,9H2,1-3H3,(H,24,26). The first-order chi connectivity index (χ1) is 13.5. The Morgan fingerprint density at radius 1 is 1.14 bits per heavy atom. The number of fused-ring (bicyclic) bond motifs is 2. The Bertz CT molecular complexity index is 1130. The minimum absolute atomic E-state index is 0.102. The minimum Gasteiger partial charge on any atom is -0.494 e. The van der Waals surface area contributed by atoms with Gasteiger partial charge in [0.15, 0.2) is 5.43 Å². The first-order valence-electron chi connectivity index (χ1n) is 9.61. The molecule has 2 heterocycles. The van der Waals surface area contributed by atoms with E-state index in [4.69, 9.17) is 9.15 Å². The summed E-state index contributed by atoms with van der Waals surface area (Å²) in [5.74, 6) is 0.464. The number of hydrogen-bond acceptors (Lipinski definition) is 4. The smallest absolute Gasteiger partial charge is 0.288 e. The number of rotatable bonds is 5. The fourth-order valence-corrected chi connectivity index (χ4v) is 3.77. The van der Waals surface area contributed by atoms with Gasteiger partial charge in [0.2, 0.25) is 5.76 Å². The quantitative estimate of drug-likeness (QED) is 0.668. The lowest BCUT2D eigenvalue weighted by Gasteiger charge is -2.14. The molecule has 0 spiro atoms. The summed E-state index contributed by atoms with van der Waals surface area (Å²) in [6.07, 6.45) is 2.03. The maximum Gasteiger partial charge on any atom is 0.288 e. The molecule has 144 valence electrons. The predicted molar refractivity (Wildman–Crippen MR) is 108 cm³/mol. The number of carbonyl (C=O) groups excluding carboxylic acids is 1. The molecule has 4 rings (SSSR count). The molecule has 5 nitrogen and oxygen atoms in total. The summed E-state index contributed by atoms with van der Waals surface area (Å²) in [6.45, 7) is 6.57. The minimum atomic E-state index is -0.543. The maximum atomic E-state index is 13.3. The van der Waals surface area contributed by atoms with Crippen molar-refractivity contribution >= 4 is 16.9 Å². The molecule has 2 aromatic carbocycles.